The fourth-order valence-corrected chi connectivity index (χ4v) is 2.00. The van der Waals surface area contributed by atoms with E-state index in [-0.39, 0.29) is 5.91 Å². The molecule has 0 aliphatic carbocycles. The number of nitrogens with one attached hydrogen (secondary N) is 2. The summed E-state index contributed by atoms with van der Waals surface area (Å²) in [7, 11) is 0. The number of aromatic nitrogens is 1. The van der Waals surface area contributed by atoms with Crippen molar-refractivity contribution in [2.75, 3.05) is 17.2 Å². The standard InChI is InChI=1S/C15H13ClN4O/c1-2-19-14-9-18-6-5-12(14)15(21)20-13-7-11(16)4-3-10(13)8-17/h3-7,9,19H,2H2,1H3,(H,20,21). The Hall–Kier alpha value is -2.58. The molecule has 0 atom stereocenters. The monoisotopic (exact) mass is 300 g/mol. The van der Waals surface area contributed by atoms with Gasteiger partial charge in [0.15, 0.2) is 0 Å². The summed E-state index contributed by atoms with van der Waals surface area (Å²) in [6.07, 6.45) is 3.13. The number of amides is 1. The second kappa shape index (κ2) is 6.73. The first-order valence-electron chi connectivity index (χ1n) is 6.34. The van der Waals surface area contributed by atoms with Crippen LogP contribution < -0.4 is 10.6 Å². The van der Waals surface area contributed by atoms with Gasteiger partial charge in [-0.15, -0.1) is 0 Å². The number of pyridine rings is 1. The van der Waals surface area contributed by atoms with Gasteiger partial charge in [-0.1, -0.05) is 11.6 Å². The zero-order chi connectivity index (χ0) is 15.2. The number of anilines is 2. The van der Waals surface area contributed by atoms with Gasteiger partial charge < -0.3 is 10.6 Å². The zero-order valence-electron chi connectivity index (χ0n) is 11.4. The molecule has 0 aliphatic heterocycles. The maximum Gasteiger partial charge on any atom is 0.257 e. The normalized spacial score (nSPS) is 9.76. The van der Waals surface area contributed by atoms with E-state index in [9.17, 15) is 4.79 Å². The smallest absolute Gasteiger partial charge is 0.257 e. The van der Waals surface area contributed by atoms with Crippen molar-refractivity contribution < 1.29 is 4.79 Å². The average Bonchev–Trinajstić information content (AvgIpc) is 2.48. The molecule has 2 rings (SSSR count). The van der Waals surface area contributed by atoms with E-state index in [1.54, 1.807) is 36.7 Å². The third kappa shape index (κ3) is 3.50. The lowest BCUT2D eigenvalue weighted by Crippen LogP contribution is -2.15. The van der Waals surface area contributed by atoms with Crippen molar-refractivity contribution in [3.63, 3.8) is 0 Å². The Kier molecular flexibility index (Phi) is 4.75. The number of halogens is 1. The van der Waals surface area contributed by atoms with Gasteiger partial charge >= 0.3 is 0 Å². The van der Waals surface area contributed by atoms with Crippen molar-refractivity contribution >= 4 is 28.9 Å². The van der Waals surface area contributed by atoms with Crippen LogP contribution in [0, 0.1) is 11.3 Å². The van der Waals surface area contributed by atoms with Crippen molar-refractivity contribution in [3.8, 4) is 6.07 Å². The van der Waals surface area contributed by atoms with Crippen molar-refractivity contribution in [2.45, 2.75) is 6.92 Å². The fourth-order valence-electron chi connectivity index (χ4n) is 1.83. The van der Waals surface area contributed by atoms with E-state index in [2.05, 4.69) is 15.6 Å². The molecule has 106 valence electrons. The third-order valence-electron chi connectivity index (χ3n) is 2.78. The van der Waals surface area contributed by atoms with Gasteiger partial charge in [-0.2, -0.15) is 5.26 Å². The summed E-state index contributed by atoms with van der Waals surface area (Å²) in [4.78, 5) is 16.3. The van der Waals surface area contributed by atoms with E-state index < -0.39 is 0 Å². The Morgan fingerprint density at radius 1 is 1.38 bits per heavy atom. The van der Waals surface area contributed by atoms with Crippen molar-refractivity contribution in [1.29, 1.82) is 5.26 Å². The van der Waals surface area contributed by atoms with Gasteiger partial charge in [0.2, 0.25) is 0 Å². The van der Waals surface area contributed by atoms with Crippen LogP contribution in [0.5, 0.6) is 0 Å². The Morgan fingerprint density at radius 3 is 2.90 bits per heavy atom. The van der Waals surface area contributed by atoms with Crippen molar-refractivity contribution in [3.05, 3.63) is 52.8 Å². The fraction of sp³-hybridized carbons (Fsp3) is 0.133. The molecule has 0 aliphatic rings. The summed E-state index contributed by atoms with van der Waals surface area (Å²) >= 11 is 5.90. The van der Waals surface area contributed by atoms with Crippen LogP contribution >= 0.6 is 11.6 Å². The molecular formula is C15H13ClN4O. The van der Waals surface area contributed by atoms with E-state index >= 15 is 0 Å². The van der Waals surface area contributed by atoms with E-state index in [0.29, 0.717) is 34.1 Å². The molecule has 21 heavy (non-hydrogen) atoms. The number of carbonyl (C=O) groups is 1. The summed E-state index contributed by atoms with van der Waals surface area (Å²) in [6, 6.07) is 8.35. The second-order valence-electron chi connectivity index (χ2n) is 4.21. The molecule has 0 saturated carbocycles. The van der Waals surface area contributed by atoms with E-state index in [1.165, 1.54) is 0 Å². The first-order chi connectivity index (χ1) is 10.2. The molecule has 0 spiro atoms. The highest BCUT2D eigenvalue weighted by atomic mass is 35.5. The highest BCUT2D eigenvalue weighted by molar-refractivity contribution is 6.31. The molecular weight excluding hydrogens is 288 g/mol. The van der Waals surface area contributed by atoms with Gasteiger partial charge in [0.05, 0.1) is 28.7 Å². The predicted octanol–water partition coefficient (Wildman–Crippen LogP) is 3.29. The molecule has 0 bridgehead atoms. The minimum Gasteiger partial charge on any atom is -0.383 e. The first kappa shape index (κ1) is 14.8. The Labute approximate surface area is 127 Å². The highest BCUT2D eigenvalue weighted by Crippen LogP contribution is 2.22. The molecule has 1 amide bonds. The summed E-state index contributed by atoms with van der Waals surface area (Å²) in [5.74, 6) is -0.327. The van der Waals surface area contributed by atoms with Gasteiger partial charge in [0.25, 0.3) is 5.91 Å². The number of hydrogen-bond acceptors (Lipinski definition) is 4. The van der Waals surface area contributed by atoms with Crippen LogP contribution in [0.2, 0.25) is 5.02 Å². The van der Waals surface area contributed by atoms with Crippen LogP contribution in [0.25, 0.3) is 0 Å². The molecule has 0 fully saturated rings. The van der Waals surface area contributed by atoms with E-state index in [1.807, 2.05) is 13.0 Å². The minimum absolute atomic E-state index is 0.327. The van der Waals surface area contributed by atoms with Gasteiger partial charge in [-0.05, 0) is 31.2 Å². The van der Waals surface area contributed by atoms with Gasteiger partial charge in [-0.25, -0.2) is 0 Å². The zero-order valence-corrected chi connectivity index (χ0v) is 12.1. The highest BCUT2D eigenvalue weighted by Gasteiger charge is 2.13. The molecule has 1 aromatic heterocycles. The lowest BCUT2D eigenvalue weighted by molar-refractivity contribution is 0.102. The maximum absolute atomic E-state index is 12.4. The quantitative estimate of drug-likeness (QED) is 0.908. The number of hydrogen-bond donors (Lipinski definition) is 2. The predicted molar refractivity (Wildman–Crippen MR) is 82.5 cm³/mol. The molecule has 1 heterocycles. The molecule has 0 unspecified atom stereocenters. The molecule has 2 aromatic rings. The lowest BCUT2D eigenvalue weighted by Gasteiger charge is -2.11. The SMILES string of the molecule is CCNc1cnccc1C(=O)Nc1cc(Cl)ccc1C#N. The summed E-state index contributed by atoms with van der Waals surface area (Å²) < 4.78 is 0. The number of carbonyl (C=O) groups excluding carboxylic acids is 1. The van der Waals surface area contributed by atoms with E-state index in [4.69, 9.17) is 16.9 Å². The van der Waals surface area contributed by atoms with Crippen molar-refractivity contribution in [1.82, 2.24) is 4.98 Å². The molecule has 0 saturated heterocycles. The molecule has 1 aromatic carbocycles. The Balaban J connectivity index is 2.31. The second-order valence-corrected chi connectivity index (χ2v) is 4.64. The Morgan fingerprint density at radius 2 is 2.19 bits per heavy atom. The van der Waals surface area contributed by atoms with Crippen LogP contribution in [0.3, 0.4) is 0 Å². The maximum atomic E-state index is 12.4. The molecule has 2 N–H and O–H groups in total. The molecule has 5 nitrogen and oxygen atoms in total. The van der Waals surface area contributed by atoms with Gasteiger partial charge in [0, 0.05) is 17.8 Å². The minimum atomic E-state index is -0.327. The van der Waals surface area contributed by atoms with Crippen molar-refractivity contribution in [2.24, 2.45) is 0 Å². The summed E-state index contributed by atoms with van der Waals surface area (Å²) in [6.45, 7) is 2.60. The lowest BCUT2D eigenvalue weighted by atomic mass is 10.1. The number of benzene rings is 1. The van der Waals surface area contributed by atoms with Gasteiger partial charge in [0.1, 0.15) is 6.07 Å². The number of rotatable bonds is 4. The van der Waals surface area contributed by atoms with E-state index in [0.717, 1.165) is 0 Å². The molecule has 0 radical (unpaired) electrons. The topological polar surface area (TPSA) is 77.8 Å². The first-order valence-corrected chi connectivity index (χ1v) is 6.72. The third-order valence-corrected chi connectivity index (χ3v) is 3.02. The van der Waals surface area contributed by atoms with Crippen LogP contribution in [-0.4, -0.2) is 17.4 Å². The summed E-state index contributed by atoms with van der Waals surface area (Å²) in [5, 5.41) is 15.3. The largest absolute Gasteiger partial charge is 0.383 e. The van der Waals surface area contributed by atoms with Gasteiger partial charge in [-0.3, -0.25) is 9.78 Å². The molecule has 6 heteroatoms. The van der Waals surface area contributed by atoms with Crippen LogP contribution in [0.15, 0.2) is 36.7 Å². The summed E-state index contributed by atoms with van der Waals surface area (Å²) in [5.41, 5.74) is 1.83. The van der Waals surface area contributed by atoms with Crippen LogP contribution in [0.4, 0.5) is 11.4 Å². The number of nitriles is 1. The van der Waals surface area contributed by atoms with Crippen LogP contribution in [0.1, 0.15) is 22.8 Å². The Bertz CT molecular complexity index is 709. The van der Waals surface area contributed by atoms with Crippen LogP contribution in [-0.2, 0) is 0 Å². The average molecular weight is 301 g/mol. The number of nitrogens with zero attached hydrogens (tertiary/aromatic N) is 2.